The van der Waals surface area contributed by atoms with Gasteiger partial charge in [0.2, 0.25) is 0 Å². The molecule has 150 valence electrons. The highest BCUT2D eigenvalue weighted by Gasteiger charge is 2.12. The minimum absolute atomic E-state index is 0.00468. The summed E-state index contributed by atoms with van der Waals surface area (Å²) < 4.78 is 15.5. The van der Waals surface area contributed by atoms with Gasteiger partial charge in [0.05, 0.1) is 11.3 Å². The average molecular weight is 410 g/mol. The Morgan fingerprint density at radius 3 is 2.39 bits per heavy atom. The molecule has 0 unspecified atom stereocenters. The summed E-state index contributed by atoms with van der Waals surface area (Å²) in [4.78, 5) is 16.3. The number of nitrogens with one attached hydrogen (secondary N) is 1. The van der Waals surface area contributed by atoms with E-state index in [1.807, 2.05) is 36.4 Å². The lowest BCUT2D eigenvalue weighted by atomic mass is 10.1. The summed E-state index contributed by atoms with van der Waals surface area (Å²) in [6, 6.07) is 20.4. The maximum absolute atomic E-state index is 13.8. The van der Waals surface area contributed by atoms with Gasteiger partial charge in [-0.3, -0.25) is 9.78 Å². The number of halogens is 1. The van der Waals surface area contributed by atoms with Crippen molar-refractivity contribution in [3.05, 3.63) is 96.6 Å². The first-order chi connectivity index (χ1) is 15.2. The van der Waals surface area contributed by atoms with Crippen LogP contribution in [0.3, 0.4) is 0 Å². The van der Waals surface area contributed by atoms with Crippen LogP contribution in [-0.4, -0.2) is 30.7 Å². The van der Waals surface area contributed by atoms with Gasteiger partial charge in [-0.05, 0) is 48.5 Å². The first kappa shape index (κ1) is 18.6. The molecule has 2 aromatic carbocycles. The summed E-state index contributed by atoms with van der Waals surface area (Å²) in [6.07, 6.45) is 3.38. The molecule has 0 aliphatic carbocycles. The van der Waals surface area contributed by atoms with Crippen molar-refractivity contribution in [2.45, 2.75) is 0 Å². The quantitative estimate of drug-likeness (QED) is 0.479. The Labute approximate surface area is 176 Å². The Kier molecular flexibility index (Phi) is 4.64. The number of rotatable bonds is 4. The highest BCUT2D eigenvalue weighted by atomic mass is 19.1. The van der Waals surface area contributed by atoms with Crippen molar-refractivity contribution < 1.29 is 9.18 Å². The monoisotopic (exact) mass is 410 g/mol. The van der Waals surface area contributed by atoms with Gasteiger partial charge in [-0.25, -0.2) is 4.39 Å². The third-order valence-electron chi connectivity index (χ3n) is 4.76. The molecule has 1 amide bonds. The van der Waals surface area contributed by atoms with E-state index in [1.165, 1.54) is 12.1 Å². The standard InChI is InChI=1S/C23H15FN6O/c24-19-4-2-1-3-18(19)23(31)26-17-7-5-15(6-8-17)20-9-10-21-27-28-22(30(21)29-20)16-11-13-25-14-12-16/h1-14H,(H,26,31). The fourth-order valence-corrected chi connectivity index (χ4v) is 3.19. The average Bonchev–Trinajstić information content (AvgIpc) is 3.24. The number of benzene rings is 2. The highest BCUT2D eigenvalue weighted by Crippen LogP contribution is 2.23. The molecule has 0 aliphatic rings. The van der Waals surface area contributed by atoms with Gasteiger partial charge in [0.15, 0.2) is 11.5 Å². The Balaban J connectivity index is 1.42. The van der Waals surface area contributed by atoms with Crippen molar-refractivity contribution in [1.29, 1.82) is 0 Å². The van der Waals surface area contributed by atoms with Crippen LogP contribution in [0.2, 0.25) is 0 Å². The van der Waals surface area contributed by atoms with Crippen molar-refractivity contribution in [3.63, 3.8) is 0 Å². The van der Waals surface area contributed by atoms with Crippen LogP contribution in [-0.2, 0) is 0 Å². The van der Waals surface area contributed by atoms with Crippen LogP contribution in [0.15, 0.2) is 85.2 Å². The highest BCUT2D eigenvalue weighted by molar-refractivity contribution is 6.04. The number of carbonyl (C=O) groups is 1. The normalized spacial score (nSPS) is 10.9. The Bertz CT molecular complexity index is 1380. The molecular weight excluding hydrogens is 395 g/mol. The number of fused-ring (bicyclic) bond motifs is 1. The molecule has 5 rings (SSSR count). The largest absolute Gasteiger partial charge is 0.322 e. The fourth-order valence-electron chi connectivity index (χ4n) is 3.19. The Morgan fingerprint density at radius 2 is 1.61 bits per heavy atom. The molecule has 3 aromatic heterocycles. The molecule has 0 radical (unpaired) electrons. The van der Waals surface area contributed by atoms with E-state index in [-0.39, 0.29) is 5.56 Å². The van der Waals surface area contributed by atoms with E-state index in [2.05, 4.69) is 25.6 Å². The van der Waals surface area contributed by atoms with Crippen LogP contribution in [0.5, 0.6) is 0 Å². The molecule has 0 saturated heterocycles. The summed E-state index contributed by atoms with van der Waals surface area (Å²) in [5.41, 5.74) is 3.60. The molecule has 8 heteroatoms. The molecule has 0 atom stereocenters. The van der Waals surface area contributed by atoms with Gasteiger partial charge in [-0.1, -0.05) is 24.3 Å². The molecule has 0 saturated carbocycles. The number of nitrogens with zero attached hydrogens (tertiary/aromatic N) is 5. The third-order valence-corrected chi connectivity index (χ3v) is 4.76. The minimum Gasteiger partial charge on any atom is -0.322 e. The second-order valence-corrected chi connectivity index (χ2v) is 6.76. The second-order valence-electron chi connectivity index (χ2n) is 6.76. The van der Waals surface area contributed by atoms with Gasteiger partial charge in [0.25, 0.3) is 5.91 Å². The van der Waals surface area contributed by atoms with Crippen LogP contribution < -0.4 is 5.32 Å². The summed E-state index contributed by atoms with van der Waals surface area (Å²) in [5, 5.41) is 15.8. The van der Waals surface area contributed by atoms with E-state index < -0.39 is 11.7 Å². The lowest BCUT2D eigenvalue weighted by molar-refractivity contribution is 0.102. The van der Waals surface area contributed by atoms with Gasteiger partial charge in [0.1, 0.15) is 5.82 Å². The smallest absolute Gasteiger partial charge is 0.258 e. The van der Waals surface area contributed by atoms with E-state index >= 15 is 0 Å². The maximum atomic E-state index is 13.8. The van der Waals surface area contributed by atoms with Crippen molar-refractivity contribution >= 4 is 17.2 Å². The molecule has 0 bridgehead atoms. The lowest BCUT2D eigenvalue weighted by Crippen LogP contribution is -2.13. The van der Waals surface area contributed by atoms with Crippen LogP contribution in [0.4, 0.5) is 10.1 Å². The number of aromatic nitrogens is 5. The summed E-state index contributed by atoms with van der Waals surface area (Å²) >= 11 is 0. The summed E-state index contributed by atoms with van der Waals surface area (Å²) in [7, 11) is 0. The summed E-state index contributed by atoms with van der Waals surface area (Å²) in [5.74, 6) is -0.446. The zero-order valence-corrected chi connectivity index (χ0v) is 16.1. The van der Waals surface area contributed by atoms with Crippen molar-refractivity contribution in [1.82, 2.24) is 24.8 Å². The van der Waals surface area contributed by atoms with Gasteiger partial charge < -0.3 is 5.32 Å². The van der Waals surface area contributed by atoms with E-state index in [4.69, 9.17) is 0 Å². The fraction of sp³-hybridized carbons (Fsp3) is 0. The van der Waals surface area contributed by atoms with E-state index in [0.717, 1.165) is 16.8 Å². The minimum atomic E-state index is -0.562. The van der Waals surface area contributed by atoms with Gasteiger partial charge >= 0.3 is 0 Å². The molecule has 31 heavy (non-hydrogen) atoms. The van der Waals surface area contributed by atoms with Crippen LogP contribution >= 0.6 is 0 Å². The van der Waals surface area contributed by atoms with Gasteiger partial charge in [0, 0.05) is 29.2 Å². The van der Waals surface area contributed by atoms with Crippen molar-refractivity contribution in [2.75, 3.05) is 5.32 Å². The number of carbonyl (C=O) groups excluding carboxylic acids is 1. The molecule has 0 spiro atoms. The Hall–Kier alpha value is -4.46. The van der Waals surface area contributed by atoms with E-state index in [9.17, 15) is 9.18 Å². The molecule has 0 aliphatic heterocycles. The third kappa shape index (κ3) is 3.62. The maximum Gasteiger partial charge on any atom is 0.258 e. The summed E-state index contributed by atoms with van der Waals surface area (Å²) in [6.45, 7) is 0. The van der Waals surface area contributed by atoms with Crippen LogP contribution in [0.25, 0.3) is 28.3 Å². The van der Waals surface area contributed by atoms with Crippen molar-refractivity contribution in [3.8, 4) is 22.6 Å². The molecule has 0 fully saturated rings. The molecule has 5 aromatic rings. The number of hydrogen-bond donors (Lipinski definition) is 1. The number of hydrogen-bond acceptors (Lipinski definition) is 5. The Morgan fingerprint density at radius 1 is 0.839 bits per heavy atom. The number of anilines is 1. The van der Waals surface area contributed by atoms with E-state index in [1.54, 1.807) is 41.2 Å². The topological polar surface area (TPSA) is 85.1 Å². The molecule has 3 heterocycles. The SMILES string of the molecule is O=C(Nc1ccc(-c2ccc3nnc(-c4ccncc4)n3n2)cc1)c1ccccc1F. The predicted octanol–water partition coefficient (Wildman–Crippen LogP) is 4.24. The number of amides is 1. The van der Waals surface area contributed by atoms with Gasteiger partial charge in [-0.2, -0.15) is 9.61 Å². The zero-order valence-electron chi connectivity index (χ0n) is 16.1. The molecule has 1 N–H and O–H groups in total. The van der Waals surface area contributed by atoms with Crippen molar-refractivity contribution in [2.24, 2.45) is 0 Å². The zero-order chi connectivity index (χ0) is 21.2. The van der Waals surface area contributed by atoms with Crippen LogP contribution in [0.1, 0.15) is 10.4 Å². The first-order valence-electron chi connectivity index (χ1n) is 9.48. The predicted molar refractivity (Wildman–Crippen MR) is 114 cm³/mol. The molecular formula is C23H15FN6O. The first-order valence-corrected chi connectivity index (χ1v) is 9.48. The lowest BCUT2D eigenvalue weighted by Gasteiger charge is -2.08. The number of pyridine rings is 1. The molecule has 7 nitrogen and oxygen atoms in total. The van der Waals surface area contributed by atoms with Gasteiger partial charge in [-0.15, -0.1) is 10.2 Å². The second kappa shape index (κ2) is 7.75. The van der Waals surface area contributed by atoms with Crippen LogP contribution in [0, 0.1) is 5.82 Å². The van der Waals surface area contributed by atoms with E-state index in [0.29, 0.717) is 17.2 Å².